The fourth-order valence-corrected chi connectivity index (χ4v) is 3.04. The summed E-state index contributed by atoms with van der Waals surface area (Å²) in [4.78, 5) is 13.6. The normalized spacial score (nSPS) is 15.6. The summed E-state index contributed by atoms with van der Waals surface area (Å²) in [5.41, 5.74) is 0.768. The fourth-order valence-electron chi connectivity index (χ4n) is 3.04. The summed E-state index contributed by atoms with van der Waals surface area (Å²) in [7, 11) is 3.58. The number of likely N-dealkylation sites (N-methyl/N-ethyl adjacent to an activating group) is 1. The van der Waals surface area contributed by atoms with Crippen LogP contribution in [0.15, 0.2) is 34.5 Å². The Bertz CT molecular complexity index is 863. The van der Waals surface area contributed by atoms with Gasteiger partial charge in [0.25, 0.3) is 5.91 Å². The van der Waals surface area contributed by atoms with E-state index < -0.39 is 0 Å². The molecule has 6 nitrogen and oxygen atoms in total. The monoisotopic (exact) mass is 377 g/mol. The van der Waals surface area contributed by atoms with Gasteiger partial charge in [-0.15, -0.1) is 22.6 Å². The van der Waals surface area contributed by atoms with E-state index in [2.05, 4.69) is 10.2 Å². The molecule has 7 heteroatoms. The van der Waals surface area contributed by atoms with Crippen LogP contribution in [-0.2, 0) is 11.2 Å². The van der Waals surface area contributed by atoms with Crippen LogP contribution in [0.2, 0.25) is 0 Å². The Morgan fingerprint density at radius 1 is 1.27 bits per heavy atom. The maximum Gasteiger partial charge on any atom is 0.278 e. The molecule has 2 aromatic rings. The lowest BCUT2D eigenvalue weighted by Crippen LogP contribution is -2.32. The van der Waals surface area contributed by atoms with E-state index in [1.807, 2.05) is 38.1 Å². The number of fused-ring (bicyclic) bond motifs is 3. The van der Waals surface area contributed by atoms with Gasteiger partial charge in [0.05, 0.1) is 6.54 Å². The molecule has 1 heterocycles. The maximum absolute atomic E-state index is 11.8. The molecule has 0 aliphatic carbocycles. The highest BCUT2D eigenvalue weighted by Crippen LogP contribution is 2.49. The molecule has 26 heavy (non-hydrogen) atoms. The van der Waals surface area contributed by atoms with E-state index in [4.69, 9.17) is 4.74 Å². The molecule has 0 aromatic heterocycles. The largest absolute Gasteiger partial charge is 0.505 e. The minimum Gasteiger partial charge on any atom is -0.505 e. The second-order valence-corrected chi connectivity index (χ2v) is 7.24. The number of benzene rings is 2. The van der Waals surface area contributed by atoms with E-state index in [-0.39, 0.29) is 36.2 Å². The first-order chi connectivity index (χ1) is 11.8. The van der Waals surface area contributed by atoms with Crippen LogP contribution in [0.3, 0.4) is 0 Å². The van der Waals surface area contributed by atoms with Crippen LogP contribution in [0.1, 0.15) is 25.8 Å². The third-order valence-corrected chi connectivity index (χ3v) is 4.28. The molecule has 1 aliphatic rings. The number of phenolic OH excluding ortho intramolecular Hbond substituents is 1. The van der Waals surface area contributed by atoms with Crippen LogP contribution < -0.4 is 4.74 Å². The van der Waals surface area contributed by atoms with Gasteiger partial charge in [-0.2, -0.15) is 0 Å². The SMILES string of the molecule is CN(C)CC(=O)N=Nc1c(O)c2c(c3ccccc13)OC(C)(C)CC2.Cl. The van der Waals surface area contributed by atoms with Gasteiger partial charge in [-0.25, -0.2) is 0 Å². The van der Waals surface area contributed by atoms with E-state index in [1.54, 1.807) is 19.0 Å². The Labute approximate surface area is 159 Å². The van der Waals surface area contributed by atoms with Crippen molar-refractivity contribution in [2.45, 2.75) is 32.3 Å². The average molecular weight is 378 g/mol. The molecular formula is C19H24ClN3O3. The zero-order chi connectivity index (χ0) is 18.2. The lowest BCUT2D eigenvalue weighted by Gasteiger charge is -2.34. The number of phenols is 1. The number of azo groups is 1. The minimum atomic E-state index is -0.358. The molecule has 0 spiro atoms. The van der Waals surface area contributed by atoms with Gasteiger partial charge in [-0.05, 0) is 40.8 Å². The van der Waals surface area contributed by atoms with Crippen molar-refractivity contribution in [3.05, 3.63) is 29.8 Å². The van der Waals surface area contributed by atoms with Crippen molar-refractivity contribution >= 4 is 34.8 Å². The lowest BCUT2D eigenvalue weighted by molar-refractivity contribution is -0.118. The van der Waals surface area contributed by atoms with Crippen molar-refractivity contribution in [1.29, 1.82) is 0 Å². The highest BCUT2D eigenvalue weighted by atomic mass is 35.5. The van der Waals surface area contributed by atoms with Crippen molar-refractivity contribution in [2.75, 3.05) is 20.6 Å². The van der Waals surface area contributed by atoms with Crippen LogP contribution in [0.25, 0.3) is 10.8 Å². The van der Waals surface area contributed by atoms with Gasteiger partial charge in [-0.3, -0.25) is 4.79 Å². The summed E-state index contributed by atoms with van der Waals surface area (Å²) in [5.74, 6) is 0.386. The van der Waals surface area contributed by atoms with Crippen LogP contribution in [0.4, 0.5) is 5.69 Å². The fraction of sp³-hybridized carbons (Fsp3) is 0.421. The molecule has 0 fully saturated rings. The van der Waals surface area contributed by atoms with Gasteiger partial charge < -0.3 is 14.7 Å². The topological polar surface area (TPSA) is 74.5 Å². The van der Waals surface area contributed by atoms with Crippen molar-refractivity contribution in [3.63, 3.8) is 0 Å². The first-order valence-electron chi connectivity index (χ1n) is 8.33. The molecule has 0 saturated heterocycles. The van der Waals surface area contributed by atoms with Gasteiger partial charge >= 0.3 is 0 Å². The summed E-state index contributed by atoms with van der Waals surface area (Å²) in [6.07, 6.45) is 1.48. The highest BCUT2D eigenvalue weighted by Gasteiger charge is 2.31. The Hall–Kier alpha value is -2.18. The van der Waals surface area contributed by atoms with Crippen molar-refractivity contribution in [3.8, 4) is 11.5 Å². The Balaban J connectivity index is 0.00000243. The molecule has 0 bridgehead atoms. The number of hydrogen-bond donors (Lipinski definition) is 1. The Morgan fingerprint density at radius 2 is 1.92 bits per heavy atom. The van der Waals surface area contributed by atoms with Crippen molar-refractivity contribution in [1.82, 2.24) is 4.90 Å². The average Bonchev–Trinajstić information content (AvgIpc) is 2.53. The standard InChI is InChI=1S/C19H23N3O3.ClH/c1-19(2)10-9-14-17(24)16(21-20-15(23)11-22(3)4)12-7-5-6-8-13(12)18(14)25-19;/h5-8,24H,9-11H2,1-4H3;1H. The second kappa shape index (κ2) is 7.60. The van der Waals surface area contributed by atoms with E-state index in [0.717, 1.165) is 22.8 Å². The van der Waals surface area contributed by atoms with Crippen LogP contribution in [0.5, 0.6) is 11.5 Å². The number of carbonyl (C=O) groups excluding carboxylic acids is 1. The van der Waals surface area contributed by atoms with Gasteiger partial charge in [-0.1, -0.05) is 24.3 Å². The molecule has 0 atom stereocenters. The molecule has 0 saturated carbocycles. The van der Waals surface area contributed by atoms with Crippen LogP contribution in [0, 0.1) is 0 Å². The van der Waals surface area contributed by atoms with Crippen molar-refractivity contribution in [2.24, 2.45) is 10.2 Å². The predicted octanol–water partition coefficient (Wildman–Crippen LogP) is 4.24. The van der Waals surface area contributed by atoms with Crippen molar-refractivity contribution < 1.29 is 14.6 Å². The number of halogens is 1. The number of amides is 1. The van der Waals surface area contributed by atoms with E-state index in [0.29, 0.717) is 17.9 Å². The number of hydrogen-bond acceptors (Lipinski definition) is 5. The van der Waals surface area contributed by atoms with E-state index in [9.17, 15) is 9.90 Å². The summed E-state index contributed by atoms with van der Waals surface area (Å²) < 4.78 is 6.14. The third kappa shape index (κ3) is 3.97. The van der Waals surface area contributed by atoms with E-state index >= 15 is 0 Å². The van der Waals surface area contributed by atoms with Gasteiger partial charge in [0.1, 0.15) is 17.0 Å². The lowest BCUT2D eigenvalue weighted by atomic mass is 9.90. The van der Waals surface area contributed by atoms with Crippen LogP contribution in [-0.4, -0.2) is 42.2 Å². The molecule has 0 radical (unpaired) electrons. The minimum absolute atomic E-state index is 0. The zero-order valence-corrected chi connectivity index (χ0v) is 16.3. The highest BCUT2D eigenvalue weighted by molar-refractivity contribution is 6.01. The third-order valence-electron chi connectivity index (χ3n) is 4.28. The van der Waals surface area contributed by atoms with Gasteiger partial charge in [0.2, 0.25) is 0 Å². The molecule has 1 N–H and O–H groups in total. The first kappa shape index (κ1) is 20.1. The first-order valence-corrected chi connectivity index (χ1v) is 8.33. The number of carbonyl (C=O) groups is 1. The summed E-state index contributed by atoms with van der Waals surface area (Å²) in [6, 6.07) is 7.58. The van der Waals surface area contributed by atoms with E-state index in [1.165, 1.54) is 0 Å². The molecular weight excluding hydrogens is 354 g/mol. The Kier molecular flexibility index (Phi) is 5.88. The number of aromatic hydroxyl groups is 1. The molecule has 2 aromatic carbocycles. The second-order valence-electron chi connectivity index (χ2n) is 7.24. The molecule has 1 amide bonds. The number of nitrogens with zero attached hydrogens (tertiary/aromatic N) is 3. The maximum atomic E-state index is 11.8. The molecule has 3 rings (SSSR count). The number of rotatable bonds is 3. The van der Waals surface area contributed by atoms with Gasteiger partial charge in [0.15, 0.2) is 5.75 Å². The Morgan fingerprint density at radius 3 is 2.58 bits per heavy atom. The van der Waals surface area contributed by atoms with Gasteiger partial charge in [0, 0.05) is 16.3 Å². The summed E-state index contributed by atoms with van der Waals surface area (Å²) >= 11 is 0. The molecule has 140 valence electrons. The summed E-state index contributed by atoms with van der Waals surface area (Å²) in [6.45, 7) is 4.25. The number of ether oxygens (including phenoxy) is 1. The summed E-state index contributed by atoms with van der Waals surface area (Å²) in [5, 5.41) is 20.2. The quantitative estimate of drug-likeness (QED) is 0.811. The zero-order valence-electron chi connectivity index (χ0n) is 15.4. The molecule has 1 aliphatic heterocycles. The van der Waals surface area contributed by atoms with Crippen LogP contribution >= 0.6 is 12.4 Å². The predicted molar refractivity (Wildman–Crippen MR) is 104 cm³/mol. The smallest absolute Gasteiger partial charge is 0.278 e. The molecule has 0 unspecified atom stereocenters.